The van der Waals surface area contributed by atoms with Gasteiger partial charge in [-0.2, -0.15) is 0 Å². The molecule has 2 amide bonds. The van der Waals surface area contributed by atoms with Gasteiger partial charge in [-0.05, 0) is 55.5 Å². The van der Waals surface area contributed by atoms with Crippen LogP contribution in [0, 0.1) is 0 Å². The second-order valence-corrected chi connectivity index (χ2v) is 7.74. The fourth-order valence-corrected chi connectivity index (χ4v) is 4.06. The van der Waals surface area contributed by atoms with Crippen LogP contribution in [0.1, 0.15) is 48.0 Å². The number of nitrogens with zero attached hydrogens (tertiary/aromatic N) is 1. The third kappa shape index (κ3) is 4.33. The van der Waals surface area contributed by atoms with E-state index < -0.39 is 11.9 Å². The molecule has 0 saturated heterocycles. The second kappa shape index (κ2) is 8.67. The molecule has 2 aliphatic rings. The molecule has 8 nitrogen and oxygen atoms in total. The van der Waals surface area contributed by atoms with Gasteiger partial charge in [-0.25, -0.2) is 4.79 Å². The van der Waals surface area contributed by atoms with Crippen molar-refractivity contribution in [2.45, 2.75) is 44.8 Å². The van der Waals surface area contributed by atoms with E-state index in [-0.39, 0.29) is 17.7 Å². The number of hydrogen-bond donors (Lipinski definition) is 2. The highest BCUT2D eigenvalue weighted by Gasteiger charge is 2.30. The van der Waals surface area contributed by atoms with Crippen molar-refractivity contribution in [1.82, 2.24) is 0 Å². The first-order valence-electron chi connectivity index (χ1n) is 10.3. The minimum atomic E-state index is -1.59. The Hall–Kier alpha value is -3.55. The van der Waals surface area contributed by atoms with E-state index in [9.17, 15) is 14.4 Å². The monoisotopic (exact) mass is 424 g/mol. The van der Waals surface area contributed by atoms with Crippen LogP contribution in [0.5, 0.6) is 11.5 Å². The SMILES string of the molecule is COc1ccc(N2Cc3ccc(NC(=O)C(=O)O)cc3C2=O)cc1OC1CCCCC1. The molecule has 0 radical (unpaired) electrons. The summed E-state index contributed by atoms with van der Waals surface area (Å²) in [6, 6.07) is 10.2. The Bertz CT molecular complexity index is 1030. The van der Waals surface area contributed by atoms with Gasteiger partial charge in [0, 0.05) is 23.0 Å². The number of aliphatic carboxylic acids is 1. The summed E-state index contributed by atoms with van der Waals surface area (Å²) >= 11 is 0. The van der Waals surface area contributed by atoms with Crippen molar-refractivity contribution in [3.05, 3.63) is 47.5 Å². The van der Waals surface area contributed by atoms with Gasteiger partial charge in [0.1, 0.15) is 0 Å². The number of ether oxygens (including phenoxy) is 2. The first-order valence-corrected chi connectivity index (χ1v) is 10.3. The maximum Gasteiger partial charge on any atom is 0.394 e. The number of nitrogens with one attached hydrogen (secondary N) is 1. The van der Waals surface area contributed by atoms with Crippen molar-refractivity contribution in [1.29, 1.82) is 0 Å². The lowest BCUT2D eigenvalue weighted by molar-refractivity contribution is -0.147. The number of methoxy groups -OCH3 is 1. The lowest BCUT2D eigenvalue weighted by Gasteiger charge is -2.25. The minimum absolute atomic E-state index is 0.143. The molecule has 0 atom stereocenters. The van der Waals surface area contributed by atoms with E-state index in [4.69, 9.17) is 14.6 Å². The Morgan fingerprint density at radius 3 is 2.55 bits per heavy atom. The number of amides is 2. The highest BCUT2D eigenvalue weighted by atomic mass is 16.5. The number of anilines is 2. The standard InChI is InChI=1S/C23H24N2O6/c1-30-19-10-9-16(12-20(19)31-17-5-3-2-4-6-17)25-13-14-7-8-15(11-18(14)22(25)27)24-21(26)23(28)29/h7-12,17H,2-6,13H2,1H3,(H,24,26)(H,28,29). The zero-order chi connectivity index (χ0) is 22.0. The summed E-state index contributed by atoms with van der Waals surface area (Å²) in [5, 5.41) is 11.0. The van der Waals surface area contributed by atoms with Crippen molar-refractivity contribution in [3.63, 3.8) is 0 Å². The molecule has 0 bridgehead atoms. The molecular formula is C23H24N2O6. The summed E-state index contributed by atoms with van der Waals surface area (Å²) in [4.78, 5) is 36.8. The molecule has 1 fully saturated rings. The van der Waals surface area contributed by atoms with Crippen LogP contribution in [-0.2, 0) is 16.1 Å². The van der Waals surface area contributed by atoms with Crippen molar-refractivity contribution in [2.75, 3.05) is 17.3 Å². The van der Waals surface area contributed by atoms with Gasteiger partial charge in [-0.15, -0.1) is 0 Å². The molecule has 8 heteroatoms. The molecule has 2 aromatic rings. The smallest absolute Gasteiger partial charge is 0.394 e. The van der Waals surface area contributed by atoms with Crippen LogP contribution in [-0.4, -0.2) is 36.1 Å². The number of carbonyl (C=O) groups excluding carboxylic acids is 2. The number of hydrogen-bond acceptors (Lipinski definition) is 5. The van der Waals surface area contributed by atoms with E-state index in [1.165, 1.54) is 12.5 Å². The third-order valence-electron chi connectivity index (χ3n) is 5.67. The summed E-state index contributed by atoms with van der Waals surface area (Å²) in [5.74, 6) is -1.73. The van der Waals surface area contributed by atoms with Gasteiger partial charge in [-0.1, -0.05) is 12.5 Å². The fraction of sp³-hybridized carbons (Fsp3) is 0.348. The molecule has 0 unspecified atom stereocenters. The van der Waals surface area contributed by atoms with Crippen LogP contribution in [0.2, 0.25) is 0 Å². The molecule has 31 heavy (non-hydrogen) atoms. The predicted molar refractivity (Wildman–Crippen MR) is 114 cm³/mol. The van der Waals surface area contributed by atoms with Gasteiger partial charge in [0.15, 0.2) is 11.5 Å². The number of carboxylic acids is 1. The Morgan fingerprint density at radius 2 is 1.84 bits per heavy atom. The number of fused-ring (bicyclic) bond motifs is 1. The largest absolute Gasteiger partial charge is 0.493 e. The molecule has 162 valence electrons. The molecule has 2 N–H and O–H groups in total. The molecule has 4 rings (SSSR count). The number of rotatable bonds is 5. The van der Waals surface area contributed by atoms with Crippen LogP contribution in [0.3, 0.4) is 0 Å². The second-order valence-electron chi connectivity index (χ2n) is 7.74. The predicted octanol–water partition coefficient (Wildman–Crippen LogP) is 3.59. The molecule has 1 aliphatic heterocycles. The summed E-state index contributed by atoms with van der Waals surface area (Å²) < 4.78 is 11.7. The molecular weight excluding hydrogens is 400 g/mol. The quantitative estimate of drug-likeness (QED) is 0.711. The maximum atomic E-state index is 13.0. The van der Waals surface area contributed by atoms with Gasteiger partial charge in [0.2, 0.25) is 0 Å². The molecule has 0 spiro atoms. The summed E-state index contributed by atoms with van der Waals surface area (Å²) in [6.07, 6.45) is 5.68. The molecule has 1 aliphatic carbocycles. The average molecular weight is 424 g/mol. The van der Waals surface area contributed by atoms with Crippen LogP contribution < -0.4 is 19.7 Å². The van der Waals surface area contributed by atoms with Gasteiger partial charge < -0.3 is 24.8 Å². The Morgan fingerprint density at radius 1 is 1.06 bits per heavy atom. The number of carboxylic acid groups (broad SMARTS) is 1. The summed E-state index contributed by atoms with van der Waals surface area (Å²) in [6.45, 7) is 0.372. The van der Waals surface area contributed by atoms with Crippen LogP contribution in [0.25, 0.3) is 0 Å². The van der Waals surface area contributed by atoms with E-state index in [1.807, 2.05) is 12.1 Å². The first-order chi connectivity index (χ1) is 15.0. The normalized spacial score (nSPS) is 16.0. The van der Waals surface area contributed by atoms with E-state index >= 15 is 0 Å². The van der Waals surface area contributed by atoms with Crippen molar-refractivity contribution in [3.8, 4) is 11.5 Å². The number of benzene rings is 2. The van der Waals surface area contributed by atoms with E-state index in [0.29, 0.717) is 29.3 Å². The zero-order valence-corrected chi connectivity index (χ0v) is 17.2. The maximum absolute atomic E-state index is 13.0. The molecule has 2 aromatic carbocycles. The Kier molecular flexibility index (Phi) is 5.79. The lowest BCUT2D eigenvalue weighted by atomic mass is 9.98. The van der Waals surface area contributed by atoms with Crippen molar-refractivity contribution >= 4 is 29.2 Å². The molecule has 1 saturated carbocycles. The Labute approximate surface area is 179 Å². The summed E-state index contributed by atoms with van der Waals surface area (Å²) in [5.41, 5.74) is 2.17. The highest BCUT2D eigenvalue weighted by molar-refractivity contribution is 6.36. The van der Waals surface area contributed by atoms with Crippen LogP contribution in [0.4, 0.5) is 11.4 Å². The van der Waals surface area contributed by atoms with Crippen molar-refractivity contribution < 1.29 is 29.0 Å². The Balaban J connectivity index is 1.56. The highest BCUT2D eigenvalue weighted by Crippen LogP contribution is 2.37. The van der Waals surface area contributed by atoms with E-state index in [0.717, 1.165) is 31.2 Å². The third-order valence-corrected chi connectivity index (χ3v) is 5.67. The minimum Gasteiger partial charge on any atom is -0.493 e. The van der Waals surface area contributed by atoms with Crippen LogP contribution >= 0.6 is 0 Å². The van der Waals surface area contributed by atoms with Gasteiger partial charge in [0.05, 0.1) is 19.8 Å². The van der Waals surface area contributed by atoms with Gasteiger partial charge in [-0.3, -0.25) is 9.59 Å². The van der Waals surface area contributed by atoms with E-state index in [1.54, 1.807) is 30.2 Å². The van der Waals surface area contributed by atoms with Gasteiger partial charge >= 0.3 is 11.9 Å². The van der Waals surface area contributed by atoms with E-state index in [2.05, 4.69) is 5.32 Å². The van der Waals surface area contributed by atoms with Crippen molar-refractivity contribution in [2.24, 2.45) is 0 Å². The van der Waals surface area contributed by atoms with Gasteiger partial charge in [0.25, 0.3) is 5.91 Å². The summed E-state index contributed by atoms with van der Waals surface area (Å²) in [7, 11) is 1.59. The number of carbonyl (C=O) groups is 3. The fourth-order valence-electron chi connectivity index (χ4n) is 4.06. The van der Waals surface area contributed by atoms with Crippen LogP contribution in [0.15, 0.2) is 36.4 Å². The lowest BCUT2D eigenvalue weighted by Crippen LogP contribution is -2.24. The zero-order valence-electron chi connectivity index (χ0n) is 17.2. The molecule has 0 aromatic heterocycles. The average Bonchev–Trinajstić information content (AvgIpc) is 3.10. The first kappa shape index (κ1) is 20.7. The molecule has 1 heterocycles. The topological polar surface area (TPSA) is 105 Å².